The van der Waals surface area contributed by atoms with Crippen LogP contribution in [0.5, 0.6) is 0 Å². The fraction of sp³-hybridized carbons (Fsp3) is 0.600. The first kappa shape index (κ1) is 14.5. The van der Waals surface area contributed by atoms with Gasteiger partial charge in [-0.1, -0.05) is 18.2 Å². The maximum Gasteiger partial charge on any atom is 0.0725 e. The molecule has 0 saturated carbocycles. The Hall–Kier alpha value is -0.940. The lowest BCUT2D eigenvalue weighted by molar-refractivity contribution is 0.0117. The predicted molar refractivity (Wildman–Crippen MR) is 75.3 cm³/mol. The summed E-state index contributed by atoms with van der Waals surface area (Å²) in [6.07, 6.45) is 1.89. The standard InChI is InChI=1S/C15H24N2O2/c1-15(2,18-3)7-6-14(17-16)11-4-5-12-9-19-10-13(12)8-11/h4-5,8,14,17H,6-7,9-10,16H2,1-3H3. The maximum atomic E-state index is 5.70. The van der Waals surface area contributed by atoms with Crippen molar-refractivity contribution in [2.45, 2.75) is 51.5 Å². The molecule has 0 spiro atoms. The Morgan fingerprint density at radius 3 is 2.79 bits per heavy atom. The van der Waals surface area contributed by atoms with E-state index in [-0.39, 0.29) is 11.6 Å². The van der Waals surface area contributed by atoms with Crippen molar-refractivity contribution < 1.29 is 9.47 Å². The summed E-state index contributed by atoms with van der Waals surface area (Å²) in [6, 6.07) is 6.63. The van der Waals surface area contributed by atoms with E-state index in [4.69, 9.17) is 15.3 Å². The van der Waals surface area contributed by atoms with Gasteiger partial charge in [-0.05, 0) is 43.4 Å². The van der Waals surface area contributed by atoms with Gasteiger partial charge in [-0.25, -0.2) is 0 Å². The molecular weight excluding hydrogens is 240 g/mol. The second kappa shape index (κ2) is 6.01. The van der Waals surface area contributed by atoms with Crippen molar-refractivity contribution in [3.05, 3.63) is 34.9 Å². The SMILES string of the molecule is COC(C)(C)CCC(NN)c1ccc2c(c1)COC2. The highest BCUT2D eigenvalue weighted by molar-refractivity contribution is 5.34. The molecule has 2 rings (SSSR count). The molecule has 1 aromatic rings. The van der Waals surface area contributed by atoms with Gasteiger partial charge in [0.25, 0.3) is 0 Å². The van der Waals surface area contributed by atoms with Crippen LogP contribution in [0.1, 0.15) is 49.4 Å². The van der Waals surface area contributed by atoms with E-state index < -0.39 is 0 Å². The van der Waals surface area contributed by atoms with E-state index in [1.54, 1.807) is 7.11 Å². The number of nitrogens with two attached hydrogens (primary N) is 1. The molecule has 1 heterocycles. The van der Waals surface area contributed by atoms with Gasteiger partial charge < -0.3 is 9.47 Å². The number of fused-ring (bicyclic) bond motifs is 1. The Balaban J connectivity index is 2.05. The Morgan fingerprint density at radius 1 is 1.37 bits per heavy atom. The van der Waals surface area contributed by atoms with Crippen molar-refractivity contribution in [1.29, 1.82) is 0 Å². The lowest BCUT2D eigenvalue weighted by Crippen LogP contribution is -2.31. The summed E-state index contributed by atoms with van der Waals surface area (Å²) in [5.74, 6) is 5.70. The van der Waals surface area contributed by atoms with E-state index in [1.807, 2.05) is 0 Å². The minimum absolute atomic E-state index is 0.116. The number of hydrogen-bond donors (Lipinski definition) is 2. The Morgan fingerprint density at radius 2 is 2.11 bits per heavy atom. The van der Waals surface area contributed by atoms with Gasteiger partial charge in [0.2, 0.25) is 0 Å². The Bertz CT molecular complexity index is 432. The number of benzene rings is 1. The zero-order valence-corrected chi connectivity index (χ0v) is 12.0. The molecule has 4 nitrogen and oxygen atoms in total. The molecule has 1 unspecified atom stereocenters. The second-order valence-electron chi connectivity index (χ2n) is 5.74. The van der Waals surface area contributed by atoms with Crippen LogP contribution in [-0.2, 0) is 22.7 Å². The summed E-state index contributed by atoms with van der Waals surface area (Å²) in [5.41, 5.74) is 6.58. The molecule has 1 aliphatic rings. The van der Waals surface area contributed by atoms with Crippen LogP contribution in [-0.4, -0.2) is 12.7 Å². The third-order valence-corrected chi connectivity index (χ3v) is 3.94. The van der Waals surface area contributed by atoms with Crippen LogP contribution in [0.25, 0.3) is 0 Å². The van der Waals surface area contributed by atoms with Crippen LogP contribution in [0.15, 0.2) is 18.2 Å². The number of hydrogen-bond acceptors (Lipinski definition) is 4. The van der Waals surface area contributed by atoms with Crippen LogP contribution in [0, 0.1) is 0 Å². The first-order valence-electron chi connectivity index (χ1n) is 6.76. The van der Waals surface area contributed by atoms with Crippen LogP contribution < -0.4 is 11.3 Å². The first-order valence-corrected chi connectivity index (χ1v) is 6.76. The highest BCUT2D eigenvalue weighted by Gasteiger charge is 2.21. The maximum absolute atomic E-state index is 5.70. The van der Waals surface area contributed by atoms with Gasteiger partial charge in [0.05, 0.1) is 18.8 Å². The minimum Gasteiger partial charge on any atom is -0.379 e. The van der Waals surface area contributed by atoms with Gasteiger partial charge in [0, 0.05) is 13.2 Å². The van der Waals surface area contributed by atoms with Crippen LogP contribution >= 0.6 is 0 Å². The van der Waals surface area contributed by atoms with Gasteiger partial charge in [-0.15, -0.1) is 0 Å². The topological polar surface area (TPSA) is 56.5 Å². The van der Waals surface area contributed by atoms with Crippen molar-refractivity contribution in [3.8, 4) is 0 Å². The van der Waals surface area contributed by atoms with Gasteiger partial charge in [-0.3, -0.25) is 11.3 Å². The number of nitrogens with one attached hydrogen (secondary N) is 1. The summed E-state index contributed by atoms with van der Waals surface area (Å²) in [7, 11) is 1.75. The Labute approximate surface area is 115 Å². The fourth-order valence-electron chi connectivity index (χ4n) is 2.35. The summed E-state index contributed by atoms with van der Waals surface area (Å²) in [6.45, 7) is 5.63. The predicted octanol–water partition coefficient (Wildman–Crippen LogP) is 2.43. The molecule has 0 amide bonds. The lowest BCUT2D eigenvalue weighted by atomic mass is 9.93. The molecule has 0 radical (unpaired) electrons. The molecule has 0 fully saturated rings. The largest absolute Gasteiger partial charge is 0.379 e. The summed E-state index contributed by atoms with van der Waals surface area (Å²) >= 11 is 0. The summed E-state index contributed by atoms with van der Waals surface area (Å²) < 4.78 is 10.9. The molecule has 1 atom stereocenters. The highest BCUT2D eigenvalue weighted by atomic mass is 16.5. The van der Waals surface area contributed by atoms with Gasteiger partial charge in [0.1, 0.15) is 0 Å². The molecule has 0 aromatic heterocycles. The van der Waals surface area contributed by atoms with Crippen LogP contribution in [0.2, 0.25) is 0 Å². The van der Waals surface area contributed by atoms with Crippen molar-refractivity contribution in [2.75, 3.05) is 7.11 Å². The molecule has 1 aromatic carbocycles. The fourth-order valence-corrected chi connectivity index (χ4v) is 2.35. The average molecular weight is 264 g/mol. The van der Waals surface area contributed by atoms with Crippen molar-refractivity contribution >= 4 is 0 Å². The van der Waals surface area contributed by atoms with Crippen LogP contribution in [0.3, 0.4) is 0 Å². The lowest BCUT2D eigenvalue weighted by Gasteiger charge is -2.26. The third-order valence-electron chi connectivity index (χ3n) is 3.94. The zero-order chi connectivity index (χ0) is 13.9. The van der Waals surface area contributed by atoms with E-state index in [0.29, 0.717) is 6.61 Å². The van der Waals surface area contributed by atoms with Gasteiger partial charge in [0.15, 0.2) is 0 Å². The average Bonchev–Trinajstić information content (AvgIpc) is 2.87. The van der Waals surface area contributed by atoms with Crippen molar-refractivity contribution in [1.82, 2.24) is 5.43 Å². The third kappa shape index (κ3) is 3.54. The monoisotopic (exact) mass is 264 g/mol. The molecule has 19 heavy (non-hydrogen) atoms. The van der Waals surface area contributed by atoms with E-state index >= 15 is 0 Å². The zero-order valence-electron chi connectivity index (χ0n) is 12.0. The molecular formula is C15H24N2O2. The molecule has 1 aliphatic heterocycles. The molecule has 106 valence electrons. The highest BCUT2D eigenvalue weighted by Crippen LogP contribution is 2.28. The van der Waals surface area contributed by atoms with E-state index in [2.05, 4.69) is 37.5 Å². The number of methoxy groups -OCH3 is 1. The molecule has 0 aliphatic carbocycles. The summed E-state index contributed by atoms with van der Waals surface area (Å²) in [4.78, 5) is 0. The minimum atomic E-state index is -0.116. The smallest absolute Gasteiger partial charge is 0.0725 e. The van der Waals surface area contributed by atoms with Crippen LogP contribution in [0.4, 0.5) is 0 Å². The van der Waals surface area contributed by atoms with Crippen molar-refractivity contribution in [3.63, 3.8) is 0 Å². The molecule has 4 heteroatoms. The number of ether oxygens (including phenoxy) is 2. The van der Waals surface area contributed by atoms with E-state index in [0.717, 1.165) is 19.4 Å². The Kier molecular flexibility index (Phi) is 4.58. The second-order valence-corrected chi connectivity index (χ2v) is 5.74. The normalized spacial score (nSPS) is 16.4. The van der Waals surface area contributed by atoms with E-state index in [1.165, 1.54) is 16.7 Å². The quantitative estimate of drug-likeness (QED) is 0.612. The molecule has 3 N–H and O–H groups in total. The van der Waals surface area contributed by atoms with Crippen molar-refractivity contribution in [2.24, 2.45) is 5.84 Å². The number of rotatable bonds is 6. The van der Waals surface area contributed by atoms with Gasteiger partial charge >= 0.3 is 0 Å². The molecule has 0 saturated heterocycles. The number of hydrazine groups is 1. The van der Waals surface area contributed by atoms with E-state index in [9.17, 15) is 0 Å². The first-order chi connectivity index (χ1) is 9.05. The van der Waals surface area contributed by atoms with Gasteiger partial charge in [-0.2, -0.15) is 0 Å². The summed E-state index contributed by atoms with van der Waals surface area (Å²) in [5, 5.41) is 0. The molecule has 0 bridgehead atoms.